The lowest BCUT2D eigenvalue weighted by Gasteiger charge is -2.19. The number of sulfonamides is 1. The monoisotopic (exact) mass is 289 g/mol. The molecule has 1 aromatic rings. The third-order valence-corrected chi connectivity index (χ3v) is 4.91. The van der Waals surface area contributed by atoms with Crippen molar-refractivity contribution in [3.63, 3.8) is 0 Å². The summed E-state index contributed by atoms with van der Waals surface area (Å²) in [4.78, 5) is -0.355. The largest absolute Gasteiger partial charge is 0.392 e. The van der Waals surface area contributed by atoms with Crippen LogP contribution < -0.4 is 0 Å². The molecule has 7 heteroatoms. The molecule has 1 N–H and O–H groups in total. The van der Waals surface area contributed by atoms with Crippen molar-refractivity contribution >= 4 is 10.0 Å². The van der Waals surface area contributed by atoms with E-state index in [4.69, 9.17) is 9.84 Å². The molecule has 2 rings (SSSR count). The summed E-state index contributed by atoms with van der Waals surface area (Å²) < 4.78 is 44.9. The lowest BCUT2D eigenvalue weighted by molar-refractivity contribution is 0.148. The van der Waals surface area contributed by atoms with Crippen LogP contribution in [0.2, 0.25) is 0 Å². The molecule has 1 aromatic carbocycles. The highest BCUT2D eigenvalue weighted by Gasteiger charge is 2.28. The second kappa shape index (κ2) is 5.96. The van der Waals surface area contributed by atoms with E-state index in [0.29, 0.717) is 31.7 Å². The van der Waals surface area contributed by atoms with Gasteiger partial charge in [-0.2, -0.15) is 4.31 Å². The van der Waals surface area contributed by atoms with Crippen LogP contribution in [0.5, 0.6) is 0 Å². The number of hydrogen-bond donors (Lipinski definition) is 1. The Morgan fingerprint density at radius 2 is 2.11 bits per heavy atom. The van der Waals surface area contributed by atoms with Crippen molar-refractivity contribution in [3.8, 4) is 0 Å². The fourth-order valence-electron chi connectivity index (χ4n) is 1.95. The van der Waals surface area contributed by atoms with E-state index in [1.54, 1.807) is 0 Å². The van der Waals surface area contributed by atoms with E-state index in [-0.39, 0.29) is 18.0 Å². The highest BCUT2D eigenvalue weighted by atomic mass is 32.2. The van der Waals surface area contributed by atoms with Gasteiger partial charge in [-0.3, -0.25) is 0 Å². The summed E-state index contributed by atoms with van der Waals surface area (Å²) in [5.74, 6) is -0.836. The molecule has 0 radical (unpaired) electrons. The fourth-order valence-corrected chi connectivity index (χ4v) is 3.46. The van der Waals surface area contributed by atoms with Crippen LogP contribution in [0.3, 0.4) is 0 Å². The summed E-state index contributed by atoms with van der Waals surface area (Å²) in [6.45, 7) is 1.05. The normalized spacial score (nSPS) is 18.2. The molecule has 1 heterocycles. The molecule has 5 nitrogen and oxygen atoms in total. The predicted octanol–water partition coefficient (Wildman–Crippen LogP) is 0.729. The summed E-state index contributed by atoms with van der Waals surface area (Å²) in [6, 6.07) is 3.65. The molecule has 106 valence electrons. The van der Waals surface area contributed by atoms with E-state index in [1.807, 2.05) is 0 Å². The molecule has 0 bridgehead atoms. The molecule has 1 aliphatic heterocycles. The second-order valence-corrected chi connectivity index (χ2v) is 6.20. The third-order valence-electron chi connectivity index (χ3n) is 2.98. The van der Waals surface area contributed by atoms with Crippen LogP contribution in [0, 0.1) is 5.82 Å². The lowest BCUT2D eigenvalue weighted by Crippen LogP contribution is -2.33. The van der Waals surface area contributed by atoms with Gasteiger partial charge in [-0.25, -0.2) is 12.8 Å². The van der Waals surface area contributed by atoms with Crippen LogP contribution in [0.25, 0.3) is 0 Å². The van der Waals surface area contributed by atoms with Gasteiger partial charge in [-0.05, 0) is 24.1 Å². The van der Waals surface area contributed by atoms with Gasteiger partial charge in [0.05, 0.1) is 13.2 Å². The number of rotatable bonds is 3. The minimum Gasteiger partial charge on any atom is -0.392 e. The number of hydrogen-bond acceptors (Lipinski definition) is 4. The van der Waals surface area contributed by atoms with E-state index in [0.717, 1.165) is 6.07 Å². The van der Waals surface area contributed by atoms with Gasteiger partial charge in [0.2, 0.25) is 10.0 Å². The molecule has 19 heavy (non-hydrogen) atoms. The Bertz CT molecular complexity index is 539. The van der Waals surface area contributed by atoms with Crippen molar-refractivity contribution in [2.75, 3.05) is 26.3 Å². The number of benzene rings is 1. The number of nitrogens with zero attached hydrogens (tertiary/aromatic N) is 1. The maximum absolute atomic E-state index is 13.8. The van der Waals surface area contributed by atoms with Gasteiger partial charge in [-0.15, -0.1) is 0 Å². The zero-order chi connectivity index (χ0) is 13.9. The number of aliphatic hydroxyl groups excluding tert-OH is 1. The van der Waals surface area contributed by atoms with Crippen molar-refractivity contribution in [2.45, 2.75) is 17.9 Å². The second-order valence-electron chi connectivity index (χ2n) is 4.29. The van der Waals surface area contributed by atoms with Crippen LogP contribution in [0.4, 0.5) is 4.39 Å². The summed E-state index contributed by atoms with van der Waals surface area (Å²) in [6.07, 6.45) is 0.593. The SMILES string of the molecule is O=S(=O)(c1ccc(CO)cc1F)N1CCCOCC1. The predicted molar refractivity (Wildman–Crippen MR) is 66.5 cm³/mol. The third kappa shape index (κ3) is 3.11. The average Bonchev–Trinajstić information content (AvgIpc) is 2.67. The van der Waals surface area contributed by atoms with Crippen molar-refractivity contribution in [1.82, 2.24) is 4.31 Å². The highest BCUT2D eigenvalue weighted by molar-refractivity contribution is 7.89. The molecule has 0 atom stereocenters. The minimum atomic E-state index is -3.84. The molecule has 0 amide bonds. The maximum Gasteiger partial charge on any atom is 0.246 e. The van der Waals surface area contributed by atoms with Gasteiger partial charge in [0.1, 0.15) is 10.7 Å². The summed E-state index contributed by atoms with van der Waals surface area (Å²) in [5, 5.41) is 8.90. The van der Waals surface area contributed by atoms with Crippen LogP contribution >= 0.6 is 0 Å². The van der Waals surface area contributed by atoms with E-state index in [2.05, 4.69) is 0 Å². The van der Waals surface area contributed by atoms with Crippen LogP contribution in [-0.4, -0.2) is 44.1 Å². The molecule has 1 fully saturated rings. The van der Waals surface area contributed by atoms with Crippen LogP contribution in [0.1, 0.15) is 12.0 Å². The van der Waals surface area contributed by atoms with Gasteiger partial charge >= 0.3 is 0 Å². The zero-order valence-electron chi connectivity index (χ0n) is 10.4. The first-order valence-electron chi connectivity index (χ1n) is 6.03. The first-order chi connectivity index (χ1) is 9.05. The van der Waals surface area contributed by atoms with E-state index < -0.39 is 15.8 Å². The molecule has 0 spiro atoms. The minimum absolute atomic E-state index is 0.226. The van der Waals surface area contributed by atoms with Crippen molar-refractivity contribution < 1.29 is 22.7 Å². The molecule has 0 aliphatic carbocycles. The Labute approximate surface area is 111 Å². The van der Waals surface area contributed by atoms with Crippen molar-refractivity contribution in [3.05, 3.63) is 29.6 Å². The molecule has 0 saturated carbocycles. The van der Waals surface area contributed by atoms with Crippen LogP contribution in [-0.2, 0) is 21.4 Å². The summed E-state index contributed by atoms with van der Waals surface area (Å²) in [5.41, 5.74) is 0.343. The van der Waals surface area contributed by atoms with E-state index in [9.17, 15) is 12.8 Å². The topological polar surface area (TPSA) is 66.8 Å². The van der Waals surface area contributed by atoms with Crippen LogP contribution in [0.15, 0.2) is 23.1 Å². The van der Waals surface area contributed by atoms with Gasteiger partial charge in [0, 0.05) is 19.7 Å². The standard InChI is InChI=1S/C12H16FNO4S/c13-11-8-10(9-15)2-3-12(11)19(16,17)14-4-1-6-18-7-5-14/h2-3,8,15H,1,4-7,9H2. The summed E-state index contributed by atoms with van der Waals surface area (Å²) in [7, 11) is -3.84. The Kier molecular flexibility index (Phi) is 4.51. The Hall–Kier alpha value is -1.02. The average molecular weight is 289 g/mol. The summed E-state index contributed by atoms with van der Waals surface area (Å²) >= 11 is 0. The Balaban J connectivity index is 2.32. The number of ether oxygens (including phenoxy) is 1. The van der Waals surface area contributed by atoms with Crippen molar-refractivity contribution in [1.29, 1.82) is 0 Å². The Morgan fingerprint density at radius 3 is 2.79 bits per heavy atom. The molecule has 0 unspecified atom stereocenters. The van der Waals surface area contributed by atoms with E-state index >= 15 is 0 Å². The number of aliphatic hydroxyl groups is 1. The molecular weight excluding hydrogens is 273 g/mol. The smallest absolute Gasteiger partial charge is 0.246 e. The highest BCUT2D eigenvalue weighted by Crippen LogP contribution is 2.21. The Morgan fingerprint density at radius 1 is 1.32 bits per heavy atom. The lowest BCUT2D eigenvalue weighted by atomic mass is 10.2. The fraction of sp³-hybridized carbons (Fsp3) is 0.500. The first-order valence-corrected chi connectivity index (χ1v) is 7.47. The quantitative estimate of drug-likeness (QED) is 0.891. The molecule has 1 aliphatic rings. The molecule has 1 saturated heterocycles. The van der Waals surface area contributed by atoms with Gasteiger partial charge < -0.3 is 9.84 Å². The van der Waals surface area contributed by atoms with Gasteiger partial charge in [-0.1, -0.05) is 6.07 Å². The molecular formula is C12H16FNO4S. The van der Waals surface area contributed by atoms with Gasteiger partial charge in [0.15, 0.2) is 0 Å². The first kappa shape index (κ1) is 14.4. The van der Waals surface area contributed by atoms with Crippen molar-refractivity contribution in [2.24, 2.45) is 0 Å². The van der Waals surface area contributed by atoms with Gasteiger partial charge in [0.25, 0.3) is 0 Å². The maximum atomic E-state index is 13.8. The zero-order valence-corrected chi connectivity index (χ0v) is 11.2. The van der Waals surface area contributed by atoms with E-state index in [1.165, 1.54) is 16.4 Å². The molecule has 0 aromatic heterocycles. The number of halogens is 1.